The highest BCUT2D eigenvalue weighted by molar-refractivity contribution is 6.30. The van der Waals surface area contributed by atoms with Crippen LogP contribution in [0.1, 0.15) is 44.1 Å². The Bertz CT molecular complexity index is 719. The molecule has 2 unspecified atom stereocenters. The Hall–Kier alpha value is -1.46. The van der Waals surface area contributed by atoms with Crippen molar-refractivity contribution in [2.45, 2.75) is 43.9 Å². The molecule has 1 aliphatic carbocycles. The van der Waals surface area contributed by atoms with Crippen LogP contribution in [0.2, 0.25) is 5.02 Å². The molecular weight excluding hydrogens is 386 g/mol. The minimum Gasteiger partial charge on any atom is -0.496 e. The van der Waals surface area contributed by atoms with Gasteiger partial charge in [-0.05, 0) is 55.7 Å². The average Bonchev–Trinajstić information content (AvgIpc) is 3.19. The van der Waals surface area contributed by atoms with Crippen LogP contribution in [0.25, 0.3) is 0 Å². The highest BCUT2D eigenvalue weighted by Gasteiger charge is 2.39. The van der Waals surface area contributed by atoms with Crippen LogP contribution in [0.4, 0.5) is 0 Å². The first kappa shape index (κ1) is 20.8. The summed E-state index contributed by atoms with van der Waals surface area (Å²) in [6.45, 7) is 4.60. The van der Waals surface area contributed by atoms with Gasteiger partial charge in [0, 0.05) is 55.9 Å². The number of halogens is 1. The summed E-state index contributed by atoms with van der Waals surface area (Å²) < 4.78 is 11.4. The number of hydrogen-bond acceptors (Lipinski definition) is 3. The Balaban J connectivity index is 1.52. The topological polar surface area (TPSA) is 46.1 Å². The summed E-state index contributed by atoms with van der Waals surface area (Å²) in [5, 5.41) is 4.47. The van der Waals surface area contributed by atoms with E-state index < -0.39 is 0 Å². The van der Waals surface area contributed by atoms with E-state index in [1.165, 1.54) is 31.2 Å². The number of hydrogen-bond donors (Lipinski definition) is 1. The van der Waals surface area contributed by atoms with Gasteiger partial charge < -0.3 is 19.7 Å². The van der Waals surface area contributed by atoms with Crippen molar-refractivity contribution in [2.75, 3.05) is 47.0 Å². The zero-order valence-electron chi connectivity index (χ0n) is 17.8. The SMILES string of the molecule is CN=C(NCC1(c2cc(Cl)ccc2OC)CCOCC1)N1CC2CCCCC2C1. The number of fused-ring (bicyclic) bond motifs is 1. The van der Waals surface area contributed by atoms with Gasteiger partial charge in [0.05, 0.1) is 7.11 Å². The molecule has 1 saturated carbocycles. The molecule has 0 radical (unpaired) electrons. The highest BCUT2D eigenvalue weighted by atomic mass is 35.5. The van der Waals surface area contributed by atoms with Crippen LogP contribution >= 0.6 is 11.6 Å². The molecule has 0 spiro atoms. The summed E-state index contributed by atoms with van der Waals surface area (Å²) in [7, 11) is 3.64. The van der Waals surface area contributed by atoms with Gasteiger partial charge in [-0.1, -0.05) is 24.4 Å². The summed E-state index contributed by atoms with van der Waals surface area (Å²) in [6.07, 6.45) is 7.41. The number of nitrogens with zero attached hydrogens (tertiary/aromatic N) is 2. The third-order valence-electron chi connectivity index (χ3n) is 7.26. The average molecular weight is 420 g/mol. The third-order valence-corrected chi connectivity index (χ3v) is 7.49. The number of benzene rings is 1. The number of likely N-dealkylation sites (tertiary alicyclic amines) is 1. The van der Waals surface area contributed by atoms with Crippen LogP contribution in [0.3, 0.4) is 0 Å². The van der Waals surface area contributed by atoms with Crippen LogP contribution in [0.15, 0.2) is 23.2 Å². The molecule has 2 aliphatic heterocycles. The molecule has 3 fully saturated rings. The Morgan fingerprint density at radius 3 is 2.55 bits per heavy atom. The van der Waals surface area contributed by atoms with E-state index in [4.69, 9.17) is 21.1 Å². The monoisotopic (exact) mass is 419 g/mol. The number of nitrogens with one attached hydrogen (secondary N) is 1. The Labute approximate surface area is 179 Å². The van der Waals surface area contributed by atoms with Gasteiger partial charge in [-0.15, -0.1) is 0 Å². The van der Waals surface area contributed by atoms with Gasteiger partial charge in [0.15, 0.2) is 5.96 Å². The standard InChI is InChI=1S/C23H34ClN3O2/c1-25-22(27-14-17-5-3-4-6-18(17)15-27)26-16-23(9-11-29-12-10-23)20-13-19(24)7-8-21(20)28-2/h7-8,13,17-18H,3-6,9-12,14-16H2,1-2H3,(H,25,26). The van der Waals surface area contributed by atoms with Crippen LogP contribution < -0.4 is 10.1 Å². The van der Waals surface area contributed by atoms with E-state index in [1.54, 1.807) is 7.11 Å². The predicted octanol–water partition coefficient (Wildman–Crippen LogP) is 4.09. The maximum Gasteiger partial charge on any atom is 0.193 e. The molecule has 160 valence electrons. The molecule has 3 aliphatic rings. The van der Waals surface area contributed by atoms with Gasteiger partial charge in [0.2, 0.25) is 0 Å². The zero-order chi connectivity index (χ0) is 20.3. The van der Waals surface area contributed by atoms with Crippen LogP contribution in [0, 0.1) is 11.8 Å². The van der Waals surface area contributed by atoms with Crippen molar-refractivity contribution in [1.82, 2.24) is 10.2 Å². The number of ether oxygens (including phenoxy) is 2. The zero-order valence-corrected chi connectivity index (χ0v) is 18.5. The molecule has 0 aromatic heterocycles. The van der Waals surface area contributed by atoms with Crippen LogP contribution in [-0.4, -0.2) is 57.9 Å². The summed E-state index contributed by atoms with van der Waals surface area (Å²) in [5.74, 6) is 3.62. The van der Waals surface area contributed by atoms with E-state index in [1.807, 2.05) is 19.2 Å². The summed E-state index contributed by atoms with van der Waals surface area (Å²) in [6, 6.07) is 5.95. The van der Waals surface area contributed by atoms with Crippen molar-refractivity contribution in [3.63, 3.8) is 0 Å². The number of aliphatic imine (C=N–C) groups is 1. The van der Waals surface area contributed by atoms with Gasteiger partial charge in [-0.2, -0.15) is 0 Å². The fraction of sp³-hybridized carbons (Fsp3) is 0.696. The van der Waals surface area contributed by atoms with E-state index in [0.29, 0.717) is 0 Å². The second-order valence-corrected chi connectivity index (χ2v) is 9.28. The maximum absolute atomic E-state index is 6.38. The normalized spacial score (nSPS) is 26.9. The molecule has 5 nitrogen and oxygen atoms in total. The lowest BCUT2D eigenvalue weighted by Gasteiger charge is -2.39. The van der Waals surface area contributed by atoms with E-state index in [9.17, 15) is 0 Å². The number of rotatable bonds is 4. The lowest BCUT2D eigenvalue weighted by molar-refractivity contribution is 0.0503. The molecule has 2 heterocycles. The van der Waals surface area contributed by atoms with Crippen molar-refractivity contribution < 1.29 is 9.47 Å². The van der Waals surface area contributed by atoms with Crippen molar-refractivity contribution in [2.24, 2.45) is 16.8 Å². The molecule has 0 bridgehead atoms. The first-order chi connectivity index (χ1) is 14.1. The lowest BCUT2D eigenvalue weighted by Crippen LogP contribution is -2.49. The minimum atomic E-state index is -0.0725. The first-order valence-corrected chi connectivity index (χ1v) is 11.4. The van der Waals surface area contributed by atoms with E-state index in [0.717, 1.165) is 74.3 Å². The first-order valence-electron chi connectivity index (χ1n) is 11.0. The largest absolute Gasteiger partial charge is 0.496 e. The second-order valence-electron chi connectivity index (χ2n) is 8.85. The fourth-order valence-corrected chi connectivity index (χ4v) is 5.73. The number of methoxy groups -OCH3 is 1. The van der Waals surface area contributed by atoms with Crippen molar-refractivity contribution in [1.29, 1.82) is 0 Å². The highest BCUT2D eigenvalue weighted by Crippen LogP contribution is 2.41. The molecule has 0 amide bonds. The maximum atomic E-state index is 6.38. The summed E-state index contributed by atoms with van der Waals surface area (Å²) in [4.78, 5) is 7.12. The van der Waals surface area contributed by atoms with Gasteiger partial charge >= 0.3 is 0 Å². The molecule has 29 heavy (non-hydrogen) atoms. The van der Waals surface area contributed by atoms with Gasteiger partial charge in [-0.25, -0.2) is 0 Å². The Morgan fingerprint density at radius 2 is 1.93 bits per heavy atom. The van der Waals surface area contributed by atoms with Gasteiger partial charge in [0.1, 0.15) is 5.75 Å². The molecule has 1 aromatic rings. The minimum absolute atomic E-state index is 0.0725. The molecule has 2 saturated heterocycles. The quantitative estimate of drug-likeness (QED) is 0.589. The molecular formula is C23H34ClN3O2. The van der Waals surface area contributed by atoms with Crippen molar-refractivity contribution in [3.05, 3.63) is 28.8 Å². The molecule has 1 aromatic carbocycles. The molecule has 1 N–H and O–H groups in total. The summed E-state index contributed by atoms with van der Waals surface area (Å²) in [5.41, 5.74) is 1.10. The predicted molar refractivity (Wildman–Crippen MR) is 118 cm³/mol. The molecule has 6 heteroatoms. The van der Waals surface area contributed by atoms with E-state index in [2.05, 4.69) is 21.3 Å². The number of guanidine groups is 1. The van der Waals surface area contributed by atoms with Crippen LogP contribution in [0.5, 0.6) is 5.75 Å². The fourth-order valence-electron chi connectivity index (χ4n) is 5.56. The van der Waals surface area contributed by atoms with Crippen molar-refractivity contribution in [3.8, 4) is 5.75 Å². The van der Waals surface area contributed by atoms with Crippen molar-refractivity contribution >= 4 is 17.6 Å². The summed E-state index contributed by atoms with van der Waals surface area (Å²) >= 11 is 6.38. The smallest absolute Gasteiger partial charge is 0.193 e. The third kappa shape index (κ3) is 4.36. The molecule has 2 atom stereocenters. The van der Waals surface area contributed by atoms with Gasteiger partial charge in [-0.3, -0.25) is 4.99 Å². The second kappa shape index (κ2) is 9.13. The molecule has 4 rings (SSSR count). The van der Waals surface area contributed by atoms with Gasteiger partial charge in [0.25, 0.3) is 0 Å². The Kier molecular flexibility index (Phi) is 6.55. The van der Waals surface area contributed by atoms with E-state index in [-0.39, 0.29) is 5.41 Å². The van der Waals surface area contributed by atoms with E-state index >= 15 is 0 Å². The van der Waals surface area contributed by atoms with Crippen LogP contribution in [-0.2, 0) is 10.2 Å². The lowest BCUT2D eigenvalue weighted by atomic mass is 9.73. The Morgan fingerprint density at radius 1 is 1.24 bits per heavy atom.